The molecule has 4 heterocycles. The summed E-state index contributed by atoms with van der Waals surface area (Å²) in [6.07, 6.45) is 3.67. The van der Waals surface area contributed by atoms with Crippen LogP contribution in [-0.2, 0) is 6.54 Å². The van der Waals surface area contributed by atoms with Crippen molar-refractivity contribution in [3.63, 3.8) is 0 Å². The van der Waals surface area contributed by atoms with Crippen LogP contribution in [0.3, 0.4) is 0 Å². The Hall–Kier alpha value is -2.55. The van der Waals surface area contributed by atoms with E-state index in [1.54, 1.807) is 23.9 Å². The summed E-state index contributed by atoms with van der Waals surface area (Å²) in [6.45, 7) is 2.70. The van der Waals surface area contributed by atoms with Crippen molar-refractivity contribution in [3.05, 3.63) is 29.8 Å². The van der Waals surface area contributed by atoms with E-state index in [4.69, 9.17) is 4.74 Å². The molecule has 0 amide bonds. The van der Waals surface area contributed by atoms with E-state index >= 15 is 0 Å². The molecule has 120 valence electrons. The zero-order chi connectivity index (χ0) is 15.6. The molecule has 0 spiro atoms. The number of piperidine rings is 1. The van der Waals surface area contributed by atoms with Crippen LogP contribution in [0.5, 0.6) is 5.88 Å². The molecule has 0 bridgehead atoms. The average molecular weight is 315 g/mol. The highest BCUT2D eigenvalue weighted by molar-refractivity contribution is 5.38. The van der Waals surface area contributed by atoms with Crippen molar-refractivity contribution in [1.82, 2.24) is 35.0 Å². The molecule has 0 aromatic carbocycles. The van der Waals surface area contributed by atoms with E-state index < -0.39 is 0 Å². The fourth-order valence-electron chi connectivity index (χ4n) is 2.98. The second kappa shape index (κ2) is 5.92. The molecular weight excluding hydrogens is 298 g/mol. The molecule has 1 fully saturated rings. The largest absolute Gasteiger partial charge is 0.480 e. The van der Waals surface area contributed by atoms with Crippen LogP contribution in [-0.4, -0.2) is 55.2 Å². The van der Waals surface area contributed by atoms with Gasteiger partial charge in [-0.25, -0.2) is 4.63 Å². The first-order chi connectivity index (χ1) is 11.3. The fourth-order valence-corrected chi connectivity index (χ4v) is 2.98. The lowest BCUT2D eigenvalue weighted by molar-refractivity contribution is 0.194. The minimum Gasteiger partial charge on any atom is -0.480 e. The number of methoxy groups -OCH3 is 1. The van der Waals surface area contributed by atoms with Gasteiger partial charge in [-0.15, -0.1) is 15.3 Å². The van der Waals surface area contributed by atoms with E-state index in [-0.39, 0.29) is 0 Å². The Labute approximate surface area is 132 Å². The topological polar surface area (TPSA) is 94.5 Å². The van der Waals surface area contributed by atoms with Crippen LogP contribution in [0.1, 0.15) is 30.3 Å². The van der Waals surface area contributed by atoms with E-state index in [2.05, 4.69) is 35.1 Å². The van der Waals surface area contributed by atoms with E-state index in [0.29, 0.717) is 11.8 Å². The summed E-state index contributed by atoms with van der Waals surface area (Å²) in [5.41, 5.74) is 1.61. The lowest BCUT2D eigenvalue weighted by atomic mass is 9.96. The molecule has 3 aromatic rings. The number of aromatic nitrogens is 6. The quantitative estimate of drug-likeness (QED) is 0.701. The molecule has 0 saturated carbocycles. The first-order valence-corrected chi connectivity index (χ1v) is 7.58. The predicted octanol–water partition coefficient (Wildman–Crippen LogP) is 0.895. The van der Waals surface area contributed by atoms with Crippen LogP contribution in [0.15, 0.2) is 23.0 Å². The van der Waals surface area contributed by atoms with Gasteiger partial charge in [0.2, 0.25) is 5.88 Å². The molecule has 4 rings (SSSR count). The number of likely N-dealkylation sites (tertiary alicyclic amines) is 1. The number of ether oxygens (including phenoxy) is 1. The van der Waals surface area contributed by atoms with Crippen molar-refractivity contribution in [2.45, 2.75) is 25.3 Å². The molecular formula is C14H17N7O2. The maximum Gasteiger partial charge on any atom is 0.231 e. The number of fused-ring (bicyclic) bond motifs is 1. The highest BCUT2D eigenvalue weighted by Gasteiger charge is 2.25. The van der Waals surface area contributed by atoms with Gasteiger partial charge in [-0.3, -0.25) is 4.90 Å². The Morgan fingerprint density at radius 1 is 1.26 bits per heavy atom. The van der Waals surface area contributed by atoms with Gasteiger partial charge in [0, 0.05) is 18.5 Å². The van der Waals surface area contributed by atoms with Gasteiger partial charge in [-0.05, 0) is 32.0 Å². The second-order valence-electron chi connectivity index (χ2n) is 5.65. The van der Waals surface area contributed by atoms with Gasteiger partial charge in [-0.2, -0.15) is 4.52 Å². The van der Waals surface area contributed by atoms with Gasteiger partial charge in [-0.1, -0.05) is 10.3 Å². The Morgan fingerprint density at radius 3 is 2.87 bits per heavy atom. The number of hydrogen-bond donors (Lipinski definition) is 0. The molecule has 1 aliphatic rings. The van der Waals surface area contributed by atoms with Crippen molar-refractivity contribution in [3.8, 4) is 5.88 Å². The lowest BCUT2D eigenvalue weighted by Crippen LogP contribution is -2.33. The molecule has 23 heavy (non-hydrogen) atoms. The maximum atomic E-state index is 5.19. The van der Waals surface area contributed by atoms with Gasteiger partial charge in [0.1, 0.15) is 5.69 Å². The summed E-state index contributed by atoms with van der Waals surface area (Å²) in [7, 11) is 1.61. The van der Waals surface area contributed by atoms with Crippen molar-refractivity contribution >= 4 is 5.65 Å². The Morgan fingerprint density at radius 2 is 2.13 bits per heavy atom. The third kappa shape index (κ3) is 2.74. The minimum absolute atomic E-state index is 0.344. The molecule has 3 aromatic heterocycles. The van der Waals surface area contributed by atoms with Gasteiger partial charge < -0.3 is 4.74 Å². The summed E-state index contributed by atoms with van der Waals surface area (Å²) in [6, 6.07) is 3.66. The van der Waals surface area contributed by atoms with Gasteiger partial charge >= 0.3 is 0 Å². The van der Waals surface area contributed by atoms with Crippen LogP contribution in [0.25, 0.3) is 5.65 Å². The molecule has 1 aliphatic heterocycles. The summed E-state index contributed by atoms with van der Waals surface area (Å²) in [5, 5.41) is 20.5. The summed E-state index contributed by atoms with van der Waals surface area (Å²) < 4.78 is 11.6. The Balaban J connectivity index is 1.47. The molecule has 0 radical (unpaired) electrons. The first kappa shape index (κ1) is 14.1. The Kier molecular flexibility index (Phi) is 3.62. The Bertz CT molecular complexity index is 778. The third-order valence-corrected chi connectivity index (χ3v) is 4.22. The molecule has 1 saturated heterocycles. The first-order valence-electron chi connectivity index (χ1n) is 7.58. The van der Waals surface area contributed by atoms with E-state index in [1.807, 2.05) is 6.07 Å². The van der Waals surface area contributed by atoms with Crippen molar-refractivity contribution in [2.24, 2.45) is 0 Å². The van der Waals surface area contributed by atoms with Crippen LogP contribution in [0, 0.1) is 0 Å². The van der Waals surface area contributed by atoms with Gasteiger partial charge in [0.05, 0.1) is 13.3 Å². The minimum atomic E-state index is 0.344. The summed E-state index contributed by atoms with van der Waals surface area (Å²) in [5.74, 6) is 1.81. The molecule has 0 unspecified atom stereocenters. The smallest absolute Gasteiger partial charge is 0.231 e. The molecule has 0 N–H and O–H groups in total. The normalized spacial score (nSPS) is 16.9. The van der Waals surface area contributed by atoms with Crippen LogP contribution >= 0.6 is 0 Å². The predicted molar refractivity (Wildman–Crippen MR) is 78.9 cm³/mol. The highest BCUT2D eigenvalue weighted by atomic mass is 16.6. The van der Waals surface area contributed by atoms with Crippen LogP contribution < -0.4 is 4.74 Å². The number of hydrogen-bond acceptors (Lipinski definition) is 8. The monoisotopic (exact) mass is 315 g/mol. The van der Waals surface area contributed by atoms with Crippen molar-refractivity contribution in [2.75, 3.05) is 20.2 Å². The lowest BCUT2D eigenvalue weighted by Gasteiger charge is -2.30. The van der Waals surface area contributed by atoms with E-state index in [1.165, 1.54) is 0 Å². The zero-order valence-electron chi connectivity index (χ0n) is 12.8. The standard InChI is InChI=1S/C14H17N7O2/c1-22-13-3-2-12-16-17-14(21(12)18-13)10-4-6-20(7-5-10)9-11-8-15-23-19-11/h2-3,8,10H,4-7,9H2,1H3. The average Bonchev–Trinajstić information content (AvgIpc) is 3.24. The van der Waals surface area contributed by atoms with Gasteiger partial charge in [0.25, 0.3) is 0 Å². The van der Waals surface area contributed by atoms with Crippen molar-refractivity contribution in [1.29, 1.82) is 0 Å². The van der Waals surface area contributed by atoms with Crippen LogP contribution in [0.2, 0.25) is 0 Å². The molecule has 0 atom stereocenters. The maximum absolute atomic E-state index is 5.19. The van der Waals surface area contributed by atoms with Crippen molar-refractivity contribution < 1.29 is 9.37 Å². The highest BCUT2D eigenvalue weighted by Crippen LogP contribution is 2.27. The summed E-state index contributed by atoms with van der Waals surface area (Å²) >= 11 is 0. The molecule has 9 heteroatoms. The van der Waals surface area contributed by atoms with Crippen LogP contribution in [0.4, 0.5) is 0 Å². The number of rotatable bonds is 4. The molecule has 0 aliphatic carbocycles. The third-order valence-electron chi connectivity index (χ3n) is 4.22. The SMILES string of the molecule is COc1ccc2nnc(C3CCN(Cc4cnon4)CC3)n2n1. The van der Waals surface area contributed by atoms with E-state index in [0.717, 1.165) is 49.6 Å². The zero-order valence-corrected chi connectivity index (χ0v) is 12.8. The second-order valence-corrected chi connectivity index (χ2v) is 5.65. The fraction of sp³-hybridized carbons (Fsp3) is 0.500. The van der Waals surface area contributed by atoms with E-state index in [9.17, 15) is 0 Å². The van der Waals surface area contributed by atoms with Gasteiger partial charge in [0.15, 0.2) is 11.5 Å². The summed E-state index contributed by atoms with van der Waals surface area (Å²) in [4.78, 5) is 2.34. The molecule has 9 nitrogen and oxygen atoms in total. The number of nitrogens with zero attached hydrogens (tertiary/aromatic N) is 7.